The standard InChI is InChI=1S/C23H24N4O2S/c1-16-9-10-20(17(2)13-16)22-24-19(14-29-22)15-30-23-26-25-21(27(23)11-12-28-3)18-7-5-4-6-8-18/h4-10,13-14H,11-12,15H2,1-3H3. The number of benzene rings is 2. The monoisotopic (exact) mass is 420 g/mol. The highest BCUT2D eigenvalue weighted by atomic mass is 32.2. The summed E-state index contributed by atoms with van der Waals surface area (Å²) in [7, 11) is 1.70. The minimum Gasteiger partial charge on any atom is -0.444 e. The molecule has 0 amide bonds. The molecule has 4 rings (SSSR count). The molecule has 0 fully saturated rings. The first-order valence-electron chi connectivity index (χ1n) is 9.78. The van der Waals surface area contributed by atoms with E-state index in [4.69, 9.17) is 9.15 Å². The smallest absolute Gasteiger partial charge is 0.226 e. The van der Waals surface area contributed by atoms with E-state index in [1.54, 1.807) is 25.1 Å². The predicted molar refractivity (Wildman–Crippen MR) is 118 cm³/mol. The van der Waals surface area contributed by atoms with Crippen molar-refractivity contribution in [3.63, 3.8) is 0 Å². The minimum atomic E-state index is 0.590. The number of hydrogen-bond donors (Lipinski definition) is 0. The van der Waals surface area contributed by atoms with Gasteiger partial charge in [0.05, 0.1) is 18.8 Å². The molecule has 0 bridgehead atoms. The van der Waals surface area contributed by atoms with Crippen LogP contribution in [0.4, 0.5) is 0 Å². The van der Waals surface area contributed by atoms with E-state index < -0.39 is 0 Å². The van der Waals surface area contributed by atoms with Crippen molar-refractivity contribution in [2.24, 2.45) is 0 Å². The van der Waals surface area contributed by atoms with E-state index in [1.807, 2.05) is 30.3 Å². The van der Waals surface area contributed by atoms with Gasteiger partial charge in [-0.15, -0.1) is 10.2 Å². The molecule has 154 valence electrons. The van der Waals surface area contributed by atoms with E-state index in [-0.39, 0.29) is 0 Å². The minimum absolute atomic E-state index is 0.590. The Kier molecular flexibility index (Phi) is 6.30. The molecule has 0 aliphatic rings. The van der Waals surface area contributed by atoms with E-state index in [0.29, 0.717) is 24.8 Å². The number of oxazole rings is 1. The summed E-state index contributed by atoms with van der Waals surface area (Å²) < 4.78 is 13.1. The van der Waals surface area contributed by atoms with E-state index in [9.17, 15) is 0 Å². The lowest BCUT2D eigenvalue weighted by atomic mass is 10.1. The van der Waals surface area contributed by atoms with Crippen molar-refractivity contribution in [3.8, 4) is 22.8 Å². The van der Waals surface area contributed by atoms with Crippen molar-refractivity contribution in [1.29, 1.82) is 0 Å². The fraction of sp³-hybridized carbons (Fsp3) is 0.261. The molecule has 0 atom stereocenters. The Balaban J connectivity index is 1.53. The van der Waals surface area contributed by atoms with Crippen molar-refractivity contribution < 1.29 is 9.15 Å². The van der Waals surface area contributed by atoms with Crippen molar-refractivity contribution in [3.05, 3.63) is 71.6 Å². The maximum atomic E-state index is 5.74. The Bertz CT molecular complexity index is 1120. The van der Waals surface area contributed by atoms with Crippen molar-refractivity contribution in [2.75, 3.05) is 13.7 Å². The zero-order valence-corrected chi connectivity index (χ0v) is 18.1. The van der Waals surface area contributed by atoms with Gasteiger partial charge in [0.15, 0.2) is 11.0 Å². The quantitative estimate of drug-likeness (QED) is 0.367. The first kappa shape index (κ1) is 20.4. The molecule has 0 saturated heterocycles. The first-order chi connectivity index (χ1) is 14.7. The van der Waals surface area contributed by atoms with E-state index in [2.05, 4.69) is 51.8 Å². The van der Waals surface area contributed by atoms with E-state index in [0.717, 1.165) is 33.4 Å². The van der Waals surface area contributed by atoms with Gasteiger partial charge in [-0.1, -0.05) is 59.8 Å². The third-order valence-corrected chi connectivity index (χ3v) is 5.78. The van der Waals surface area contributed by atoms with Crippen LogP contribution in [0.1, 0.15) is 16.8 Å². The zero-order chi connectivity index (χ0) is 20.9. The molecule has 0 aliphatic heterocycles. The molecule has 2 aromatic carbocycles. The Morgan fingerprint density at radius 1 is 1.07 bits per heavy atom. The molecule has 0 spiro atoms. The molecule has 2 aromatic heterocycles. The third kappa shape index (κ3) is 4.47. The fourth-order valence-electron chi connectivity index (χ4n) is 3.27. The second kappa shape index (κ2) is 9.28. The molecule has 0 aliphatic carbocycles. The van der Waals surface area contributed by atoms with Crippen LogP contribution in [-0.2, 0) is 17.0 Å². The Hall–Kier alpha value is -2.90. The van der Waals surface area contributed by atoms with Crippen molar-refractivity contribution in [1.82, 2.24) is 19.7 Å². The molecule has 7 heteroatoms. The second-order valence-electron chi connectivity index (χ2n) is 7.07. The van der Waals surface area contributed by atoms with Gasteiger partial charge in [-0.25, -0.2) is 4.98 Å². The number of methoxy groups -OCH3 is 1. The lowest BCUT2D eigenvalue weighted by molar-refractivity contribution is 0.185. The summed E-state index contributed by atoms with van der Waals surface area (Å²) in [6.07, 6.45) is 1.72. The first-order valence-corrected chi connectivity index (χ1v) is 10.8. The summed E-state index contributed by atoms with van der Waals surface area (Å²) >= 11 is 1.59. The summed E-state index contributed by atoms with van der Waals surface area (Å²) in [5.74, 6) is 2.13. The van der Waals surface area contributed by atoms with Crippen LogP contribution in [0.3, 0.4) is 0 Å². The normalized spacial score (nSPS) is 11.2. The van der Waals surface area contributed by atoms with Crippen LogP contribution in [-0.4, -0.2) is 33.5 Å². The van der Waals surface area contributed by atoms with Gasteiger partial charge in [-0.2, -0.15) is 0 Å². The van der Waals surface area contributed by atoms with Crippen LogP contribution in [0.15, 0.2) is 64.4 Å². The van der Waals surface area contributed by atoms with Crippen molar-refractivity contribution >= 4 is 11.8 Å². The van der Waals surface area contributed by atoms with Crippen LogP contribution in [0.5, 0.6) is 0 Å². The van der Waals surface area contributed by atoms with Crippen LogP contribution in [0.2, 0.25) is 0 Å². The summed E-state index contributed by atoms with van der Waals surface area (Å²) in [5.41, 5.74) is 5.31. The van der Waals surface area contributed by atoms with Crippen molar-refractivity contribution in [2.45, 2.75) is 31.3 Å². The largest absolute Gasteiger partial charge is 0.444 e. The van der Waals surface area contributed by atoms with Gasteiger partial charge in [0.25, 0.3) is 0 Å². The highest BCUT2D eigenvalue weighted by Crippen LogP contribution is 2.28. The summed E-state index contributed by atoms with van der Waals surface area (Å²) in [6.45, 7) is 5.43. The van der Waals surface area contributed by atoms with Crippen LogP contribution in [0, 0.1) is 13.8 Å². The van der Waals surface area contributed by atoms with E-state index >= 15 is 0 Å². The van der Waals surface area contributed by atoms with Gasteiger partial charge in [0, 0.05) is 24.0 Å². The maximum absolute atomic E-state index is 5.74. The van der Waals surface area contributed by atoms with Gasteiger partial charge in [-0.3, -0.25) is 4.57 Å². The summed E-state index contributed by atoms with van der Waals surface area (Å²) in [5, 5.41) is 9.66. The molecule has 0 N–H and O–H groups in total. The van der Waals surface area contributed by atoms with Crippen LogP contribution < -0.4 is 0 Å². The Morgan fingerprint density at radius 3 is 2.67 bits per heavy atom. The molecule has 30 heavy (non-hydrogen) atoms. The Morgan fingerprint density at radius 2 is 1.90 bits per heavy atom. The maximum Gasteiger partial charge on any atom is 0.226 e. The molecule has 0 saturated carbocycles. The predicted octanol–water partition coefficient (Wildman–Crippen LogP) is 5.16. The number of thioether (sulfide) groups is 1. The number of rotatable bonds is 8. The second-order valence-corrected chi connectivity index (χ2v) is 8.01. The zero-order valence-electron chi connectivity index (χ0n) is 17.3. The fourth-order valence-corrected chi connectivity index (χ4v) is 4.11. The number of aromatic nitrogens is 4. The number of hydrogen-bond acceptors (Lipinski definition) is 6. The lowest BCUT2D eigenvalue weighted by Gasteiger charge is -2.09. The summed E-state index contributed by atoms with van der Waals surface area (Å²) in [6, 6.07) is 16.3. The molecule has 2 heterocycles. The van der Waals surface area contributed by atoms with E-state index in [1.165, 1.54) is 5.56 Å². The highest BCUT2D eigenvalue weighted by Gasteiger charge is 2.16. The molecular formula is C23H24N4O2S. The number of ether oxygens (including phenoxy) is 1. The molecule has 4 aromatic rings. The van der Waals surface area contributed by atoms with Gasteiger partial charge in [0.2, 0.25) is 5.89 Å². The molecule has 0 unspecified atom stereocenters. The van der Waals surface area contributed by atoms with Gasteiger partial charge in [-0.05, 0) is 25.5 Å². The summed E-state index contributed by atoms with van der Waals surface area (Å²) in [4.78, 5) is 4.67. The van der Waals surface area contributed by atoms with Crippen LogP contribution in [0.25, 0.3) is 22.8 Å². The van der Waals surface area contributed by atoms with Gasteiger partial charge < -0.3 is 9.15 Å². The molecular weight excluding hydrogens is 396 g/mol. The average Bonchev–Trinajstić information content (AvgIpc) is 3.38. The number of aryl methyl sites for hydroxylation is 2. The highest BCUT2D eigenvalue weighted by molar-refractivity contribution is 7.98. The Labute approximate surface area is 180 Å². The van der Waals surface area contributed by atoms with Gasteiger partial charge >= 0.3 is 0 Å². The number of nitrogens with zero attached hydrogens (tertiary/aromatic N) is 4. The lowest BCUT2D eigenvalue weighted by Crippen LogP contribution is -2.07. The SMILES string of the molecule is COCCn1c(SCc2coc(-c3ccc(C)cc3C)n2)nnc1-c1ccccc1. The topological polar surface area (TPSA) is 66.0 Å². The third-order valence-electron chi connectivity index (χ3n) is 4.78. The molecule has 6 nitrogen and oxygen atoms in total. The van der Waals surface area contributed by atoms with Gasteiger partial charge in [0.1, 0.15) is 6.26 Å². The van der Waals surface area contributed by atoms with Crippen LogP contribution >= 0.6 is 11.8 Å². The average molecular weight is 421 g/mol. The molecule has 0 radical (unpaired) electrons.